The Balaban J connectivity index is 0.000000467. The second-order valence-electron chi connectivity index (χ2n) is 9.48. The van der Waals surface area contributed by atoms with Crippen molar-refractivity contribution in [3.63, 3.8) is 0 Å². The Morgan fingerprint density at radius 1 is 0.649 bits per heavy atom. The molecule has 37 heavy (non-hydrogen) atoms. The van der Waals surface area contributed by atoms with Gasteiger partial charge >= 0.3 is 0 Å². The second-order valence-corrected chi connectivity index (χ2v) is 12.5. The Kier molecular flexibility index (Phi) is 12.1. The van der Waals surface area contributed by atoms with E-state index in [0.717, 1.165) is 12.1 Å². The summed E-state index contributed by atoms with van der Waals surface area (Å²) in [5, 5.41) is 3.91. The van der Waals surface area contributed by atoms with Gasteiger partial charge in [-0.15, -0.1) is 0 Å². The van der Waals surface area contributed by atoms with E-state index in [-0.39, 0.29) is 21.7 Å². The average Bonchev–Trinajstić information content (AvgIpc) is 3.41. The molecule has 0 spiro atoms. The zero-order chi connectivity index (χ0) is 26.1. The van der Waals surface area contributed by atoms with Crippen LogP contribution in [0.4, 0.5) is 0 Å². The molecule has 0 aliphatic heterocycles. The summed E-state index contributed by atoms with van der Waals surface area (Å²) >= 11 is 0. The van der Waals surface area contributed by atoms with Crippen LogP contribution in [0, 0.1) is 20.8 Å². The Labute approximate surface area is 240 Å². The molecule has 1 aliphatic rings. The monoisotopic (exact) mass is 541 g/mol. The SMILES string of the molecule is CC=C(C)C(C)=CC.Cc1ccc(P(=NC2=CC=CC2)(c2ccc(C)cc2)c2ccc(C)cc2)cc1.[Ti]. The molecule has 0 atom stereocenters. The summed E-state index contributed by atoms with van der Waals surface area (Å²) in [5.41, 5.74) is 7.72. The van der Waals surface area contributed by atoms with Gasteiger partial charge in [0.1, 0.15) is 0 Å². The van der Waals surface area contributed by atoms with Crippen LogP contribution in [0.1, 0.15) is 50.8 Å². The summed E-state index contributed by atoms with van der Waals surface area (Å²) in [7, 11) is -2.15. The van der Waals surface area contributed by atoms with E-state index in [9.17, 15) is 0 Å². The first-order chi connectivity index (χ1) is 17.3. The van der Waals surface area contributed by atoms with E-state index in [1.807, 2.05) is 0 Å². The van der Waals surface area contributed by atoms with Gasteiger partial charge in [-0.25, -0.2) is 0 Å². The minimum absolute atomic E-state index is 0. The Morgan fingerprint density at radius 3 is 1.27 bits per heavy atom. The molecular formula is C34H40NPTi. The van der Waals surface area contributed by atoms with Crippen molar-refractivity contribution in [2.24, 2.45) is 4.74 Å². The topological polar surface area (TPSA) is 12.4 Å². The third-order valence-electron chi connectivity index (χ3n) is 6.74. The third kappa shape index (κ3) is 7.78. The molecule has 3 aromatic carbocycles. The molecule has 0 aromatic heterocycles. The molecule has 1 aliphatic carbocycles. The maximum absolute atomic E-state index is 5.52. The van der Waals surface area contributed by atoms with Crippen LogP contribution in [0.5, 0.6) is 0 Å². The van der Waals surface area contributed by atoms with E-state index in [1.54, 1.807) is 0 Å². The van der Waals surface area contributed by atoms with Crippen molar-refractivity contribution in [2.45, 2.75) is 54.9 Å². The van der Waals surface area contributed by atoms with E-state index in [2.05, 4.69) is 152 Å². The van der Waals surface area contributed by atoms with Crippen LogP contribution >= 0.6 is 7.05 Å². The number of nitrogens with zero attached hydrogens (tertiary/aromatic N) is 1. The summed E-state index contributed by atoms with van der Waals surface area (Å²) < 4.78 is 5.52. The van der Waals surface area contributed by atoms with Crippen LogP contribution in [0.3, 0.4) is 0 Å². The summed E-state index contributed by atoms with van der Waals surface area (Å²) in [4.78, 5) is 0. The van der Waals surface area contributed by atoms with Gasteiger partial charge in [0.2, 0.25) is 0 Å². The van der Waals surface area contributed by atoms with E-state index >= 15 is 0 Å². The number of aryl methyl sites for hydroxylation is 3. The molecule has 0 amide bonds. The van der Waals surface area contributed by atoms with E-state index < -0.39 is 7.05 Å². The zero-order valence-electron chi connectivity index (χ0n) is 23.4. The first-order valence-electron chi connectivity index (χ1n) is 12.8. The Morgan fingerprint density at radius 2 is 1.00 bits per heavy atom. The fourth-order valence-corrected chi connectivity index (χ4v) is 7.58. The van der Waals surface area contributed by atoms with Crippen molar-refractivity contribution < 1.29 is 21.7 Å². The van der Waals surface area contributed by atoms with Gasteiger partial charge in [-0.05, 0) is 54.5 Å². The van der Waals surface area contributed by atoms with Gasteiger partial charge in [0.05, 0.1) is 7.05 Å². The third-order valence-corrected chi connectivity index (χ3v) is 10.4. The summed E-state index contributed by atoms with van der Waals surface area (Å²) in [6.07, 6.45) is 11.6. The van der Waals surface area contributed by atoms with Crippen molar-refractivity contribution in [3.05, 3.63) is 137 Å². The second kappa shape index (κ2) is 14.5. The van der Waals surface area contributed by atoms with Gasteiger partial charge in [0, 0.05) is 49.7 Å². The number of hydrogen-bond donors (Lipinski definition) is 0. The molecule has 0 unspecified atom stereocenters. The standard InChI is InChI=1S/C26H26NP.C8H14.Ti/c1-20-8-14-24(15-9-20)28(27-23-6-4-5-7-23,25-16-10-21(2)11-17-25)26-18-12-22(3)13-19-26;1-5-7(3)8(4)6-2;/h4-6,8-19H,7H2,1-3H3;5-6H,1-4H3;. The first-order valence-corrected chi connectivity index (χ1v) is 14.5. The molecule has 3 heteroatoms. The van der Waals surface area contributed by atoms with Crippen molar-refractivity contribution in [3.8, 4) is 0 Å². The normalized spacial score (nSPS) is 13.3. The first kappa shape index (κ1) is 30.8. The number of rotatable bonds is 5. The molecule has 0 N–H and O–H groups in total. The van der Waals surface area contributed by atoms with Gasteiger partial charge in [-0.2, -0.15) is 0 Å². The van der Waals surface area contributed by atoms with Gasteiger partial charge in [0.25, 0.3) is 0 Å². The van der Waals surface area contributed by atoms with Gasteiger partial charge in [0.15, 0.2) is 0 Å². The average molecular weight is 542 g/mol. The molecule has 1 nitrogen and oxygen atoms in total. The molecule has 0 radical (unpaired) electrons. The Hall–Kier alpha value is -2.44. The Bertz CT molecular complexity index is 1200. The smallest absolute Gasteiger partial charge is 0.0608 e. The molecule has 0 saturated heterocycles. The fraction of sp³-hybridized carbons (Fsp3) is 0.235. The number of allylic oxidation sites excluding steroid dienone is 7. The maximum atomic E-state index is 5.52. The summed E-state index contributed by atoms with van der Waals surface area (Å²) in [6, 6.07) is 26.9. The van der Waals surface area contributed by atoms with Crippen LogP contribution in [-0.2, 0) is 21.7 Å². The zero-order valence-corrected chi connectivity index (χ0v) is 25.9. The quantitative estimate of drug-likeness (QED) is 0.174. The van der Waals surface area contributed by atoms with Crippen molar-refractivity contribution >= 4 is 23.0 Å². The predicted molar refractivity (Wildman–Crippen MR) is 162 cm³/mol. The molecule has 0 bridgehead atoms. The maximum Gasteiger partial charge on any atom is 0.0608 e. The molecule has 4 rings (SSSR count). The van der Waals surface area contributed by atoms with E-state index in [4.69, 9.17) is 4.74 Å². The van der Waals surface area contributed by atoms with Gasteiger partial charge in [-0.3, -0.25) is 4.74 Å². The summed E-state index contributed by atoms with van der Waals surface area (Å²) in [5.74, 6) is 0. The van der Waals surface area contributed by atoms with Crippen molar-refractivity contribution in [1.29, 1.82) is 0 Å². The predicted octanol–water partition coefficient (Wildman–Crippen LogP) is 8.85. The molecule has 0 fully saturated rings. The molecule has 190 valence electrons. The molecule has 0 saturated carbocycles. The van der Waals surface area contributed by atoms with Crippen molar-refractivity contribution in [2.75, 3.05) is 0 Å². The van der Waals surface area contributed by atoms with Crippen molar-refractivity contribution in [1.82, 2.24) is 0 Å². The van der Waals surface area contributed by atoms with Gasteiger partial charge in [-0.1, -0.05) is 125 Å². The largest absolute Gasteiger partial charge is 0.258 e. The van der Waals surface area contributed by atoms with Crippen LogP contribution in [0.25, 0.3) is 0 Å². The minimum Gasteiger partial charge on any atom is -0.258 e. The van der Waals surface area contributed by atoms with Crippen LogP contribution in [-0.4, -0.2) is 0 Å². The number of benzene rings is 3. The molecule has 0 heterocycles. The molecule has 3 aromatic rings. The minimum atomic E-state index is -2.15. The van der Waals surface area contributed by atoms with Crippen LogP contribution in [0.2, 0.25) is 0 Å². The fourth-order valence-electron chi connectivity index (χ4n) is 4.06. The number of hydrogen-bond acceptors (Lipinski definition) is 1. The van der Waals surface area contributed by atoms with Crippen LogP contribution < -0.4 is 15.9 Å². The van der Waals surface area contributed by atoms with E-state index in [1.165, 1.54) is 43.8 Å². The summed E-state index contributed by atoms with van der Waals surface area (Å²) in [6.45, 7) is 14.8. The van der Waals surface area contributed by atoms with Crippen LogP contribution in [0.15, 0.2) is 125 Å². The van der Waals surface area contributed by atoms with Gasteiger partial charge < -0.3 is 0 Å². The molecular weight excluding hydrogens is 501 g/mol. The van der Waals surface area contributed by atoms with E-state index in [0.29, 0.717) is 0 Å².